The van der Waals surface area contributed by atoms with Crippen LogP contribution >= 0.6 is 0 Å². The Balaban J connectivity index is 1.29. The highest BCUT2D eigenvalue weighted by Crippen LogP contribution is 2.34. The molecule has 0 aliphatic heterocycles. The van der Waals surface area contributed by atoms with Gasteiger partial charge in [-0.3, -0.25) is 14.4 Å². The van der Waals surface area contributed by atoms with Gasteiger partial charge in [0.15, 0.2) is 0 Å². The van der Waals surface area contributed by atoms with Crippen LogP contribution in [0.3, 0.4) is 0 Å². The van der Waals surface area contributed by atoms with Gasteiger partial charge in [0.05, 0.1) is 26.1 Å². The van der Waals surface area contributed by atoms with E-state index in [0.29, 0.717) is 18.5 Å². The first-order chi connectivity index (χ1) is 20.3. The molecule has 4 aromatic rings. The zero-order valence-corrected chi connectivity index (χ0v) is 23.9. The number of carboxylic acid groups (broad SMARTS) is 1. The number of pyridine rings is 1. The Morgan fingerprint density at radius 2 is 1.69 bits per heavy atom. The number of aliphatic carboxylic acids is 1. The van der Waals surface area contributed by atoms with E-state index >= 15 is 0 Å². The molecule has 0 saturated heterocycles. The van der Waals surface area contributed by atoms with Gasteiger partial charge >= 0.3 is 5.97 Å². The first-order valence-corrected chi connectivity index (χ1v) is 13.9. The lowest BCUT2D eigenvalue weighted by molar-refractivity contribution is -0.138. The highest BCUT2D eigenvalue weighted by molar-refractivity contribution is 6.00. The van der Waals surface area contributed by atoms with Crippen LogP contribution in [0, 0.1) is 6.92 Å². The summed E-state index contributed by atoms with van der Waals surface area (Å²) in [6.07, 6.45) is 3.18. The lowest BCUT2D eigenvalue weighted by atomic mass is 9.95. The maximum absolute atomic E-state index is 12.6. The molecule has 1 aromatic heterocycles. The molecule has 3 aromatic carbocycles. The molecule has 9 nitrogen and oxygen atoms in total. The van der Waals surface area contributed by atoms with Crippen LogP contribution in [0.4, 0.5) is 5.82 Å². The molecule has 4 N–H and O–H groups in total. The number of carbonyl (C=O) groups excluding carboxylic acids is 2. The van der Waals surface area contributed by atoms with Gasteiger partial charge in [0.1, 0.15) is 11.6 Å². The van der Waals surface area contributed by atoms with Crippen LogP contribution in [-0.4, -0.2) is 48.1 Å². The average Bonchev–Trinajstić information content (AvgIpc) is 2.99. The summed E-state index contributed by atoms with van der Waals surface area (Å²) in [5.41, 5.74) is 3.75. The lowest BCUT2D eigenvalue weighted by Crippen LogP contribution is -2.39. The SMILES string of the molecule is COc1ccc(-c2ccc([C@H](CC(=O)O)NC(=O)CNC(=O)CCCCNc3cc(C)ccn3)cc2)c2ccccc12. The standard InChI is InChI=1S/C33H36N4O5/c1-22-16-18-35-30(19-22)34-17-6-5-9-31(38)36-21-32(39)37-28(20-33(40)41)24-12-10-23(11-13-24)25-14-15-29(42-2)27-8-4-3-7-26(25)27/h3-4,7-8,10-16,18-19,28H,5-6,9,17,20-21H2,1-2H3,(H,34,35)(H,36,38)(H,37,39)(H,40,41)/t28-/m0/s1. The summed E-state index contributed by atoms with van der Waals surface area (Å²) >= 11 is 0. The first kappa shape index (κ1) is 30.0. The van der Waals surface area contributed by atoms with Gasteiger partial charge < -0.3 is 25.8 Å². The molecule has 0 spiro atoms. The fraction of sp³-hybridized carbons (Fsp3) is 0.273. The molecular formula is C33H36N4O5. The number of aryl methyl sites for hydroxylation is 1. The van der Waals surface area contributed by atoms with E-state index in [0.717, 1.165) is 45.5 Å². The first-order valence-electron chi connectivity index (χ1n) is 13.9. The number of hydrogen-bond acceptors (Lipinski definition) is 6. The van der Waals surface area contributed by atoms with E-state index in [1.54, 1.807) is 13.3 Å². The number of unbranched alkanes of at least 4 members (excludes halogenated alkanes) is 1. The molecule has 0 saturated carbocycles. The maximum Gasteiger partial charge on any atom is 0.305 e. The van der Waals surface area contributed by atoms with Crippen molar-refractivity contribution in [2.75, 3.05) is 25.5 Å². The van der Waals surface area contributed by atoms with Crippen LogP contribution in [0.15, 0.2) is 79.0 Å². The number of anilines is 1. The van der Waals surface area contributed by atoms with Crippen molar-refractivity contribution in [1.82, 2.24) is 15.6 Å². The summed E-state index contributed by atoms with van der Waals surface area (Å²) in [6, 6.07) is 22.5. The van der Waals surface area contributed by atoms with Crippen molar-refractivity contribution in [1.29, 1.82) is 0 Å². The van der Waals surface area contributed by atoms with Crippen LogP contribution < -0.4 is 20.7 Å². The van der Waals surface area contributed by atoms with Gasteiger partial charge in [-0.15, -0.1) is 0 Å². The molecule has 218 valence electrons. The Kier molecular flexibility index (Phi) is 10.5. The van der Waals surface area contributed by atoms with Gasteiger partial charge in [0, 0.05) is 24.5 Å². The Morgan fingerprint density at radius 3 is 2.40 bits per heavy atom. The van der Waals surface area contributed by atoms with Crippen LogP contribution in [0.5, 0.6) is 5.75 Å². The van der Waals surface area contributed by atoms with Crippen LogP contribution in [0.1, 0.15) is 42.9 Å². The van der Waals surface area contributed by atoms with Gasteiger partial charge in [-0.2, -0.15) is 0 Å². The summed E-state index contributed by atoms with van der Waals surface area (Å²) in [6.45, 7) is 2.46. The summed E-state index contributed by atoms with van der Waals surface area (Å²) in [5.74, 6) is -0.133. The quantitative estimate of drug-likeness (QED) is 0.153. The van der Waals surface area contributed by atoms with Crippen LogP contribution in [0.25, 0.3) is 21.9 Å². The number of nitrogens with zero attached hydrogens (tertiary/aromatic N) is 1. The molecule has 0 unspecified atom stereocenters. The minimum atomic E-state index is -1.04. The number of ether oxygens (including phenoxy) is 1. The van der Waals surface area contributed by atoms with Gasteiger partial charge in [-0.05, 0) is 65.6 Å². The number of fused-ring (bicyclic) bond motifs is 1. The summed E-state index contributed by atoms with van der Waals surface area (Å²) in [5, 5.41) is 20.1. The second-order valence-electron chi connectivity index (χ2n) is 10.1. The summed E-state index contributed by atoms with van der Waals surface area (Å²) < 4.78 is 5.50. The van der Waals surface area contributed by atoms with Gasteiger partial charge in [0.2, 0.25) is 11.8 Å². The largest absolute Gasteiger partial charge is 0.496 e. The molecule has 0 aliphatic carbocycles. The second kappa shape index (κ2) is 14.6. The minimum absolute atomic E-state index is 0.226. The summed E-state index contributed by atoms with van der Waals surface area (Å²) in [7, 11) is 1.64. The van der Waals surface area contributed by atoms with Gasteiger partial charge in [0.25, 0.3) is 0 Å². The van der Waals surface area contributed by atoms with Crippen molar-refractivity contribution < 1.29 is 24.2 Å². The molecule has 0 aliphatic rings. The maximum atomic E-state index is 12.6. The average molecular weight is 569 g/mol. The molecule has 42 heavy (non-hydrogen) atoms. The van der Waals surface area contributed by atoms with Crippen molar-refractivity contribution in [2.45, 2.75) is 38.6 Å². The van der Waals surface area contributed by atoms with E-state index in [1.807, 2.05) is 79.7 Å². The number of aromatic nitrogens is 1. The number of amides is 2. The zero-order chi connectivity index (χ0) is 29.9. The zero-order valence-electron chi connectivity index (χ0n) is 23.9. The fourth-order valence-electron chi connectivity index (χ4n) is 4.80. The third-order valence-electron chi connectivity index (χ3n) is 6.94. The highest BCUT2D eigenvalue weighted by atomic mass is 16.5. The number of methoxy groups -OCH3 is 1. The summed E-state index contributed by atoms with van der Waals surface area (Å²) in [4.78, 5) is 40.7. The third kappa shape index (κ3) is 8.30. The predicted octanol–water partition coefficient (Wildman–Crippen LogP) is 5.25. The number of rotatable bonds is 14. The monoisotopic (exact) mass is 568 g/mol. The third-order valence-corrected chi connectivity index (χ3v) is 6.94. The second-order valence-corrected chi connectivity index (χ2v) is 10.1. The molecule has 0 bridgehead atoms. The number of carbonyl (C=O) groups is 3. The van der Waals surface area contributed by atoms with E-state index in [2.05, 4.69) is 20.9 Å². The van der Waals surface area contributed by atoms with Crippen molar-refractivity contribution in [3.63, 3.8) is 0 Å². The Bertz CT molecular complexity index is 1540. The number of carboxylic acids is 1. The van der Waals surface area contributed by atoms with Gasteiger partial charge in [-0.1, -0.05) is 54.6 Å². The molecule has 2 amide bonds. The van der Waals surface area contributed by atoms with Crippen molar-refractivity contribution in [3.05, 3.63) is 90.1 Å². The molecule has 0 radical (unpaired) electrons. The molecule has 0 fully saturated rings. The van der Waals surface area contributed by atoms with Crippen molar-refractivity contribution >= 4 is 34.4 Å². The predicted molar refractivity (Wildman–Crippen MR) is 163 cm³/mol. The number of hydrogen-bond donors (Lipinski definition) is 4. The molecule has 4 rings (SSSR count). The topological polar surface area (TPSA) is 130 Å². The Labute approximate surface area is 245 Å². The Hall–Kier alpha value is -4.92. The number of benzene rings is 3. The van der Waals surface area contributed by atoms with Gasteiger partial charge in [-0.25, -0.2) is 4.98 Å². The van der Waals surface area contributed by atoms with E-state index in [1.165, 1.54) is 0 Å². The fourth-order valence-corrected chi connectivity index (χ4v) is 4.80. The highest BCUT2D eigenvalue weighted by Gasteiger charge is 2.19. The van der Waals surface area contributed by atoms with E-state index < -0.39 is 17.9 Å². The Morgan fingerprint density at radius 1 is 0.929 bits per heavy atom. The molecule has 1 heterocycles. The minimum Gasteiger partial charge on any atom is -0.496 e. The normalized spacial score (nSPS) is 11.5. The molecule has 9 heteroatoms. The molecular weight excluding hydrogens is 532 g/mol. The lowest BCUT2D eigenvalue weighted by Gasteiger charge is -2.18. The van der Waals surface area contributed by atoms with E-state index in [4.69, 9.17) is 4.74 Å². The number of nitrogens with one attached hydrogen (secondary N) is 3. The molecule has 1 atom stereocenters. The van der Waals surface area contributed by atoms with E-state index in [9.17, 15) is 19.5 Å². The van der Waals surface area contributed by atoms with Crippen LogP contribution in [-0.2, 0) is 14.4 Å². The smallest absolute Gasteiger partial charge is 0.305 e. The van der Waals surface area contributed by atoms with Crippen molar-refractivity contribution in [3.8, 4) is 16.9 Å². The van der Waals surface area contributed by atoms with Crippen LogP contribution in [0.2, 0.25) is 0 Å². The van der Waals surface area contributed by atoms with Crippen molar-refractivity contribution in [2.24, 2.45) is 0 Å². The van der Waals surface area contributed by atoms with E-state index in [-0.39, 0.29) is 25.3 Å².